The molecule has 1 heterocycles. The van der Waals surface area contributed by atoms with Crippen molar-refractivity contribution in [3.8, 4) is 0 Å². The van der Waals surface area contributed by atoms with Crippen LogP contribution in [0.4, 0.5) is 0 Å². The predicted octanol–water partition coefficient (Wildman–Crippen LogP) is 1.39. The summed E-state index contributed by atoms with van der Waals surface area (Å²) in [6.45, 7) is 1.16. The molecule has 0 atom stereocenters. The van der Waals surface area contributed by atoms with E-state index in [2.05, 4.69) is 5.32 Å². The van der Waals surface area contributed by atoms with Gasteiger partial charge in [0.25, 0.3) is 5.91 Å². The zero-order valence-corrected chi connectivity index (χ0v) is 10.7. The third-order valence-corrected chi connectivity index (χ3v) is 3.60. The fraction of sp³-hybridized carbons (Fsp3) is 0.417. The van der Waals surface area contributed by atoms with E-state index in [4.69, 9.17) is 4.74 Å². The van der Waals surface area contributed by atoms with Gasteiger partial charge in [0.05, 0.1) is 4.88 Å². The van der Waals surface area contributed by atoms with Gasteiger partial charge in [-0.2, -0.15) is 0 Å². The van der Waals surface area contributed by atoms with E-state index in [1.54, 1.807) is 6.07 Å². The van der Waals surface area contributed by atoms with Gasteiger partial charge in [0.2, 0.25) is 0 Å². The molecular formula is C12H13NO4S. The zero-order chi connectivity index (χ0) is 13.1. The van der Waals surface area contributed by atoms with Crippen LogP contribution >= 0.6 is 11.3 Å². The van der Waals surface area contributed by atoms with Crippen molar-refractivity contribution in [2.24, 2.45) is 0 Å². The lowest BCUT2D eigenvalue weighted by atomic mass is 10.3. The van der Waals surface area contributed by atoms with Gasteiger partial charge in [-0.05, 0) is 31.9 Å². The first-order valence-electron chi connectivity index (χ1n) is 5.63. The largest absolute Gasteiger partial charge is 0.451 e. The minimum atomic E-state index is -0.571. The second-order valence-corrected chi connectivity index (χ2v) is 5.22. The molecule has 5 nitrogen and oxygen atoms in total. The number of hydrogen-bond acceptors (Lipinski definition) is 5. The van der Waals surface area contributed by atoms with Gasteiger partial charge in [0.1, 0.15) is 4.88 Å². The van der Waals surface area contributed by atoms with Crippen molar-refractivity contribution >= 4 is 29.0 Å². The summed E-state index contributed by atoms with van der Waals surface area (Å²) in [6, 6.07) is 3.36. The standard InChI is InChI=1S/C12H13NO4S/c1-7(14)9-4-5-10(18-9)12(16)17-6-11(15)13-8-2-3-8/h4-5,8H,2-3,6H2,1H3,(H,13,15). The molecule has 1 aliphatic carbocycles. The van der Waals surface area contributed by atoms with E-state index in [0.717, 1.165) is 24.2 Å². The molecule has 0 saturated heterocycles. The second kappa shape index (κ2) is 5.30. The molecule has 0 aliphatic heterocycles. The molecule has 1 saturated carbocycles. The predicted molar refractivity (Wildman–Crippen MR) is 65.8 cm³/mol. The number of ether oxygens (including phenoxy) is 1. The van der Waals surface area contributed by atoms with Crippen molar-refractivity contribution in [1.29, 1.82) is 0 Å². The lowest BCUT2D eigenvalue weighted by Gasteiger charge is -2.03. The van der Waals surface area contributed by atoms with E-state index in [1.165, 1.54) is 13.0 Å². The molecule has 0 aromatic carbocycles. The van der Waals surface area contributed by atoms with E-state index >= 15 is 0 Å². The summed E-state index contributed by atoms with van der Waals surface area (Å²) >= 11 is 1.07. The topological polar surface area (TPSA) is 72.5 Å². The fourth-order valence-electron chi connectivity index (χ4n) is 1.34. The Kier molecular flexibility index (Phi) is 3.76. The van der Waals surface area contributed by atoms with Crippen LogP contribution < -0.4 is 5.32 Å². The summed E-state index contributed by atoms with van der Waals surface area (Å²) in [5.74, 6) is -0.946. The smallest absolute Gasteiger partial charge is 0.348 e. The van der Waals surface area contributed by atoms with Crippen molar-refractivity contribution in [2.45, 2.75) is 25.8 Å². The van der Waals surface area contributed by atoms with Crippen LogP contribution in [0.1, 0.15) is 39.1 Å². The molecule has 0 bridgehead atoms. The third-order valence-electron chi connectivity index (χ3n) is 2.43. The van der Waals surface area contributed by atoms with Crippen molar-refractivity contribution in [2.75, 3.05) is 6.61 Å². The number of Topliss-reactive ketones (excluding diaryl/α,β-unsaturated/α-hetero) is 1. The summed E-state index contributed by atoms with van der Waals surface area (Å²) in [7, 11) is 0. The summed E-state index contributed by atoms with van der Waals surface area (Å²) in [4.78, 5) is 34.8. The molecule has 1 fully saturated rings. The Balaban J connectivity index is 1.82. The van der Waals surface area contributed by atoms with Gasteiger partial charge in [-0.3, -0.25) is 9.59 Å². The lowest BCUT2D eigenvalue weighted by molar-refractivity contribution is -0.124. The first-order valence-corrected chi connectivity index (χ1v) is 6.45. The molecule has 0 spiro atoms. The number of rotatable bonds is 5. The molecule has 1 aliphatic rings. The first-order chi connectivity index (χ1) is 8.56. The molecule has 1 N–H and O–H groups in total. The number of hydrogen-bond donors (Lipinski definition) is 1. The molecule has 1 aromatic heterocycles. The van der Waals surface area contributed by atoms with E-state index in [0.29, 0.717) is 9.75 Å². The highest BCUT2D eigenvalue weighted by Gasteiger charge is 2.23. The van der Waals surface area contributed by atoms with Crippen molar-refractivity contribution in [3.05, 3.63) is 21.9 Å². The zero-order valence-electron chi connectivity index (χ0n) is 9.89. The molecule has 6 heteroatoms. The number of ketones is 1. The summed E-state index contributed by atoms with van der Waals surface area (Å²) < 4.78 is 4.86. The van der Waals surface area contributed by atoms with Crippen LogP contribution in [0.3, 0.4) is 0 Å². The SMILES string of the molecule is CC(=O)c1ccc(C(=O)OCC(=O)NC2CC2)s1. The van der Waals surface area contributed by atoms with Crippen molar-refractivity contribution in [1.82, 2.24) is 5.32 Å². The molecule has 1 aromatic rings. The Labute approximate surface area is 108 Å². The number of nitrogens with one attached hydrogen (secondary N) is 1. The monoisotopic (exact) mass is 267 g/mol. The minimum Gasteiger partial charge on any atom is -0.451 e. The Morgan fingerprint density at radius 2 is 2.00 bits per heavy atom. The van der Waals surface area contributed by atoms with Gasteiger partial charge in [-0.1, -0.05) is 0 Å². The molecular weight excluding hydrogens is 254 g/mol. The van der Waals surface area contributed by atoms with Crippen LogP contribution in [-0.2, 0) is 9.53 Å². The van der Waals surface area contributed by atoms with Crippen molar-refractivity contribution in [3.63, 3.8) is 0 Å². The van der Waals surface area contributed by atoms with Gasteiger partial charge in [0.15, 0.2) is 12.4 Å². The van der Waals surface area contributed by atoms with Crippen LogP contribution in [0, 0.1) is 0 Å². The molecule has 0 radical (unpaired) electrons. The van der Waals surface area contributed by atoms with E-state index in [1.807, 2.05) is 0 Å². The van der Waals surface area contributed by atoms with E-state index in [-0.39, 0.29) is 24.3 Å². The van der Waals surface area contributed by atoms with Crippen LogP contribution in [-0.4, -0.2) is 30.3 Å². The first kappa shape index (κ1) is 12.8. The Hall–Kier alpha value is -1.69. The highest BCUT2D eigenvalue weighted by Crippen LogP contribution is 2.19. The van der Waals surface area contributed by atoms with Gasteiger partial charge in [-0.15, -0.1) is 11.3 Å². The third kappa shape index (κ3) is 3.40. The molecule has 18 heavy (non-hydrogen) atoms. The second-order valence-electron chi connectivity index (χ2n) is 4.14. The highest BCUT2D eigenvalue weighted by molar-refractivity contribution is 7.15. The number of thiophene rings is 1. The quantitative estimate of drug-likeness (QED) is 0.646. The number of carbonyl (C=O) groups excluding carboxylic acids is 3. The average Bonchev–Trinajstić information content (AvgIpc) is 2.98. The maximum absolute atomic E-state index is 11.6. The highest BCUT2D eigenvalue weighted by atomic mass is 32.1. The minimum absolute atomic E-state index is 0.0921. The van der Waals surface area contributed by atoms with Crippen LogP contribution in [0.2, 0.25) is 0 Å². The van der Waals surface area contributed by atoms with Crippen molar-refractivity contribution < 1.29 is 19.1 Å². The van der Waals surface area contributed by atoms with Gasteiger partial charge >= 0.3 is 5.97 Å². The number of esters is 1. The molecule has 1 amide bonds. The summed E-state index contributed by atoms with van der Waals surface area (Å²) in [5.41, 5.74) is 0. The Bertz CT molecular complexity index is 490. The number of amides is 1. The normalized spacial score (nSPS) is 14.1. The van der Waals surface area contributed by atoms with Gasteiger partial charge in [-0.25, -0.2) is 4.79 Å². The maximum atomic E-state index is 11.6. The Morgan fingerprint density at radius 3 is 2.56 bits per heavy atom. The van der Waals surface area contributed by atoms with Gasteiger partial charge < -0.3 is 10.1 Å². The Morgan fingerprint density at radius 1 is 1.33 bits per heavy atom. The maximum Gasteiger partial charge on any atom is 0.348 e. The molecule has 0 unspecified atom stereocenters. The number of carbonyl (C=O) groups is 3. The van der Waals surface area contributed by atoms with Gasteiger partial charge in [0, 0.05) is 6.04 Å². The van der Waals surface area contributed by atoms with Crippen LogP contribution in [0.15, 0.2) is 12.1 Å². The molecule has 96 valence electrons. The average molecular weight is 267 g/mol. The van der Waals surface area contributed by atoms with E-state index in [9.17, 15) is 14.4 Å². The summed E-state index contributed by atoms with van der Waals surface area (Å²) in [6.07, 6.45) is 1.99. The molecule has 2 rings (SSSR count). The van der Waals surface area contributed by atoms with Crippen LogP contribution in [0.25, 0.3) is 0 Å². The van der Waals surface area contributed by atoms with E-state index < -0.39 is 5.97 Å². The summed E-state index contributed by atoms with van der Waals surface area (Å²) in [5, 5.41) is 2.72. The lowest BCUT2D eigenvalue weighted by Crippen LogP contribution is -2.30. The fourth-order valence-corrected chi connectivity index (χ4v) is 2.13. The van der Waals surface area contributed by atoms with Crippen LogP contribution in [0.5, 0.6) is 0 Å².